The lowest BCUT2D eigenvalue weighted by molar-refractivity contribution is 0.0937. The van der Waals surface area contributed by atoms with Gasteiger partial charge in [0.1, 0.15) is 0 Å². The largest absolute Gasteiger partial charge is 0.348 e. The fraction of sp³-hybridized carbons (Fsp3) is 0.636. The Labute approximate surface area is 106 Å². The summed E-state index contributed by atoms with van der Waals surface area (Å²) in [5.41, 5.74) is 1.23. The number of halogens is 1. The summed E-state index contributed by atoms with van der Waals surface area (Å²) in [6.45, 7) is 6.24. The first-order valence-corrected chi connectivity index (χ1v) is 6.24. The normalized spacial score (nSPS) is 15.5. The molecule has 0 bridgehead atoms. The van der Waals surface area contributed by atoms with E-state index in [1.54, 1.807) is 0 Å². The second-order valence-corrected chi connectivity index (χ2v) is 4.87. The molecule has 0 fully saturated rings. The van der Waals surface area contributed by atoms with Crippen LogP contribution in [0.1, 0.15) is 36.5 Å². The van der Waals surface area contributed by atoms with Crippen LogP contribution in [0.4, 0.5) is 0 Å². The van der Waals surface area contributed by atoms with E-state index in [9.17, 15) is 4.79 Å². The van der Waals surface area contributed by atoms with Crippen LogP contribution >= 0.6 is 11.6 Å². The van der Waals surface area contributed by atoms with Crippen LogP contribution < -0.4 is 10.6 Å². The molecule has 94 valence electrons. The molecule has 0 aliphatic carbocycles. The van der Waals surface area contributed by atoms with Crippen molar-refractivity contribution in [1.82, 2.24) is 20.4 Å². The van der Waals surface area contributed by atoms with Crippen LogP contribution in [-0.4, -0.2) is 28.3 Å². The van der Waals surface area contributed by atoms with E-state index in [1.807, 2.05) is 18.5 Å². The van der Waals surface area contributed by atoms with E-state index in [0.29, 0.717) is 17.3 Å². The van der Waals surface area contributed by atoms with Crippen LogP contribution in [0.2, 0.25) is 5.02 Å². The molecule has 1 aromatic rings. The first-order valence-electron chi connectivity index (χ1n) is 5.86. The Morgan fingerprint density at radius 2 is 2.35 bits per heavy atom. The predicted octanol–water partition coefficient (Wildman–Crippen LogP) is 1.17. The van der Waals surface area contributed by atoms with Crippen molar-refractivity contribution in [3.05, 3.63) is 16.4 Å². The maximum atomic E-state index is 11.9. The highest BCUT2D eigenvalue weighted by Gasteiger charge is 2.22. The molecular weight excluding hydrogens is 240 g/mol. The first-order chi connectivity index (χ1) is 8.09. The summed E-state index contributed by atoms with van der Waals surface area (Å²) in [7, 11) is 0. The zero-order valence-corrected chi connectivity index (χ0v) is 10.8. The molecule has 1 amide bonds. The van der Waals surface area contributed by atoms with Crippen LogP contribution in [0.15, 0.2) is 0 Å². The molecule has 0 saturated carbocycles. The standard InChI is InChI=1S/C11H17ClN4O/c1-7(2)14-11(17)10-9(12)8-6-13-4-3-5-16(8)15-10/h7,13H,3-6H2,1-2H3,(H,14,17). The zero-order valence-electron chi connectivity index (χ0n) is 10.1. The molecule has 1 aromatic heterocycles. The van der Waals surface area contributed by atoms with Crippen molar-refractivity contribution >= 4 is 17.5 Å². The lowest BCUT2D eigenvalue weighted by Crippen LogP contribution is -2.30. The van der Waals surface area contributed by atoms with Crippen molar-refractivity contribution < 1.29 is 4.79 Å². The topological polar surface area (TPSA) is 59.0 Å². The fourth-order valence-corrected chi connectivity index (χ4v) is 2.15. The van der Waals surface area contributed by atoms with Gasteiger partial charge < -0.3 is 10.6 Å². The maximum Gasteiger partial charge on any atom is 0.273 e. The molecule has 2 rings (SSSR count). The van der Waals surface area contributed by atoms with E-state index >= 15 is 0 Å². The van der Waals surface area contributed by atoms with Gasteiger partial charge in [0, 0.05) is 19.1 Å². The third-order valence-corrected chi connectivity index (χ3v) is 3.04. The Kier molecular flexibility index (Phi) is 3.69. The third-order valence-electron chi connectivity index (χ3n) is 2.64. The van der Waals surface area contributed by atoms with Gasteiger partial charge in [0.25, 0.3) is 5.91 Å². The van der Waals surface area contributed by atoms with E-state index in [4.69, 9.17) is 11.6 Å². The highest BCUT2D eigenvalue weighted by atomic mass is 35.5. The molecule has 0 unspecified atom stereocenters. The maximum absolute atomic E-state index is 11.9. The summed E-state index contributed by atoms with van der Waals surface area (Å²) in [6.07, 6.45) is 0.996. The number of amides is 1. The number of nitrogens with zero attached hydrogens (tertiary/aromatic N) is 2. The molecule has 0 aromatic carbocycles. The number of aryl methyl sites for hydroxylation is 1. The predicted molar refractivity (Wildman–Crippen MR) is 66.2 cm³/mol. The summed E-state index contributed by atoms with van der Waals surface area (Å²) in [5, 5.41) is 10.8. The van der Waals surface area contributed by atoms with Crippen molar-refractivity contribution in [2.45, 2.75) is 39.4 Å². The second-order valence-electron chi connectivity index (χ2n) is 4.49. The van der Waals surface area contributed by atoms with E-state index in [-0.39, 0.29) is 11.9 Å². The van der Waals surface area contributed by atoms with Gasteiger partial charge in [-0.2, -0.15) is 5.10 Å². The van der Waals surface area contributed by atoms with E-state index in [0.717, 1.165) is 25.2 Å². The molecule has 1 aliphatic rings. The summed E-state index contributed by atoms with van der Waals surface area (Å²) in [6, 6.07) is 0.0817. The lowest BCUT2D eigenvalue weighted by Gasteiger charge is -2.06. The van der Waals surface area contributed by atoms with Gasteiger partial charge in [-0.25, -0.2) is 0 Å². The average molecular weight is 257 g/mol. The van der Waals surface area contributed by atoms with Crippen LogP contribution in [-0.2, 0) is 13.1 Å². The molecule has 6 heteroatoms. The average Bonchev–Trinajstić information content (AvgIpc) is 2.47. The molecule has 2 N–H and O–H groups in total. The quantitative estimate of drug-likeness (QED) is 0.835. The number of rotatable bonds is 2. The molecule has 0 radical (unpaired) electrons. The molecule has 0 spiro atoms. The van der Waals surface area contributed by atoms with Crippen LogP contribution in [0.5, 0.6) is 0 Å². The van der Waals surface area contributed by atoms with E-state index in [1.165, 1.54) is 0 Å². The summed E-state index contributed by atoms with van der Waals surface area (Å²) < 4.78 is 1.83. The molecule has 2 heterocycles. The SMILES string of the molecule is CC(C)NC(=O)c1nn2c(c1Cl)CNCCC2. The number of hydrogen-bond acceptors (Lipinski definition) is 3. The van der Waals surface area contributed by atoms with Crippen molar-refractivity contribution in [3.8, 4) is 0 Å². The summed E-state index contributed by atoms with van der Waals surface area (Å²) in [4.78, 5) is 11.9. The zero-order chi connectivity index (χ0) is 12.4. The highest BCUT2D eigenvalue weighted by Crippen LogP contribution is 2.22. The number of carbonyl (C=O) groups is 1. The van der Waals surface area contributed by atoms with E-state index < -0.39 is 0 Å². The number of fused-ring (bicyclic) bond motifs is 1. The van der Waals surface area contributed by atoms with Gasteiger partial charge in [0.05, 0.1) is 10.7 Å². The van der Waals surface area contributed by atoms with Gasteiger partial charge in [0.2, 0.25) is 0 Å². The Balaban J connectivity index is 2.27. The Bertz CT molecular complexity index is 427. The van der Waals surface area contributed by atoms with Crippen molar-refractivity contribution in [2.24, 2.45) is 0 Å². The monoisotopic (exact) mass is 256 g/mol. The number of aromatic nitrogens is 2. The molecule has 17 heavy (non-hydrogen) atoms. The van der Waals surface area contributed by atoms with Gasteiger partial charge in [0.15, 0.2) is 5.69 Å². The molecule has 0 saturated heterocycles. The smallest absolute Gasteiger partial charge is 0.273 e. The van der Waals surface area contributed by atoms with E-state index in [2.05, 4.69) is 15.7 Å². The van der Waals surface area contributed by atoms with Gasteiger partial charge in [-0.15, -0.1) is 0 Å². The summed E-state index contributed by atoms with van der Waals surface area (Å²) >= 11 is 6.21. The van der Waals surface area contributed by atoms with Crippen LogP contribution in [0.25, 0.3) is 0 Å². The number of nitrogens with one attached hydrogen (secondary N) is 2. The first kappa shape index (κ1) is 12.4. The Hall–Kier alpha value is -1.07. The summed E-state index contributed by atoms with van der Waals surface area (Å²) in [5.74, 6) is -0.203. The second kappa shape index (κ2) is 5.06. The van der Waals surface area contributed by atoms with Crippen molar-refractivity contribution in [2.75, 3.05) is 6.54 Å². The van der Waals surface area contributed by atoms with Crippen molar-refractivity contribution in [3.63, 3.8) is 0 Å². The number of hydrogen-bond donors (Lipinski definition) is 2. The highest BCUT2D eigenvalue weighted by molar-refractivity contribution is 6.34. The minimum Gasteiger partial charge on any atom is -0.348 e. The number of carbonyl (C=O) groups excluding carboxylic acids is 1. The van der Waals surface area contributed by atoms with Gasteiger partial charge in [-0.05, 0) is 26.8 Å². The molecule has 5 nitrogen and oxygen atoms in total. The minimum atomic E-state index is -0.203. The Morgan fingerprint density at radius 1 is 1.59 bits per heavy atom. The van der Waals surface area contributed by atoms with Gasteiger partial charge in [-0.3, -0.25) is 9.48 Å². The molecule has 1 aliphatic heterocycles. The minimum absolute atomic E-state index is 0.0817. The third kappa shape index (κ3) is 2.61. The molecule has 0 atom stereocenters. The molecular formula is C11H17ClN4O. The van der Waals surface area contributed by atoms with Gasteiger partial charge in [-0.1, -0.05) is 11.6 Å². The van der Waals surface area contributed by atoms with Gasteiger partial charge >= 0.3 is 0 Å². The Morgan fingerprint density at radius 3 is 3.06 bits per heavy atom. The fourth-order valence-electron chi connectivity index (χ4n) is 1.87. The van der Waals surface area contributed by atoms with Crippen LogP contribution in [0.3, 0.4) is 0 Å². The van der Waals surface area contributed by atoms with Crippen LogP contribution in [0, 0.1) is 0 Å². The van der Waals surface area contributed by atoms with Crippen molar-refractivity contribution in [1.29, 1.82) is 0 Å². The lowest BCUT2D eigenvalue weighted by atomic mass is 10.3.